The Labute approximate surface area is 110 Å². The molecule has 96 valence electrons. The van der Waals surface area contributed by atoms with E-state index in [1.165, 1.54) is 0 Å². The molecule has 0 spiro atoms. The number of hydrogen-bond donors (Lipinski definition) is 1. The van der Waals surface area contributed by atoms with E-state index in [4.69, 9.17) is 26.6 Å². The maximum absolute atomic E-state index is 5.91. The molecule has 0 aliphatic carbocycles. The summed E-state index contributed by atoms with van der Waals surface area (Å²) in [7, 11) is 1.60. The molecule has 0 saturated heterocycles. The lowest BCUT2D eigenvalue weighted by Crippen LogP contribution is -2.24. The molecule has 0 radical (unpaired) electrons. The number of aromatic nitrogens is 2. The summed E-state index contributed by atoms with van der Waals surface area (Å²) in [6.07, 6.45) is 0.387. The van der Waals surface area contributed by atoms with E-state index in [0.717, 1.165) is 5.56 Å². The van der Waals surface area contributed by atoms with Crippen LogP contribution in [-0.2, 0) is 11.2 Å². The minimum Gasteiger partial charge on any atom is -0.380 e. The van der Waals surface area contributed by atoms with E-state index < -0.39 is 0 Å². The molecule has 5 nitrogen and oxygen atoms in total. The van der Waals surface area contributed by atoms with Crippen molar-refractivity contribution in [1.82, 2.24) is 10.1 Å². The minimum absolute atomic E-state index is 0.113. The fourth-order valence-electron chi connectivity index (χ4n) is 1.54. The monoisotopic (exact) mass is 267 g/mol. The van der Waals surface area contributed by atoms with Crippen LogP contribution in [0.1, 0.15) is 5.89 Å². The molecule has 0 bridgehead atoms. The van der Waals surface area contributed by atoms with Crippen LogP contribution in [0.15, 0.2) is 28.8 Å². The van der Waals surface area contributed by atoms with E-state index in [1.54, 1.807) is 19.2 Å². The van der Waals surface area contributed by atoms with Crippen LogP contribution in [0.4, 0.5) is 0 Å². The molecule has 1 unspecified atom stereocenters. The first-order chi connectivity index (χ1) is 8.72. The fraction of sp³-hybridized carbons (Fsp3) is 0.333. The van der Waals surface area contributed by atoms with E-state index in [9.17, 15) is 0 Å². The molecular weight excluding hydrogens is 254 g/mol. The van der Waals surface area contributed by atoms with Gasteiger partial charge in [0.2, 0.25) is 11.7 Å². The predicted octanol–water partition coefficient (Wildman–Crippen LogP) is 1.91. The summed E-state index contributed by atoms with van der Waals surface area (Å²) < 4.78 is 10.3. The zero-order chi connectivity index (χ0) is 13.0. The van der Waals surface area contributed by atoms with Crippen LogP contribution in [-0.4, -0.2) is 29.9 Å². The molecule has 2 N–H and O–H groups in total. The highest BCUT2D eigenvalue weighted by molar-refractivity contribution is 6.30. The van der Waals surface area contributed by atoms with Crippen molar-refractivity contribution in [2.45, 2.75) is 12.5 Å². The topological polar surface area (TPSA) is 74.2 Å². The van der Waals surface area contributed by atoms with E-state index in [1.807, 2.05) is 12.1 Å². The lowest BCUT2D eigenvalue weighted by molar-refractivity contribution is 0.102. The molecule has 1 aromatic carbocycles. The summed E-state index contributed by atoms with van der Waals surface area (Å²) in [4.78, 5) is 4.29. The Kier molecular flexibility index (Phi) is 4.30. The van der Waals surface area contributed by atoms with E-state index >= 15 is 0 Å². The smallest absolute Gasteiger partial charge is 0.229 e. The van der Waals surface area contributed by atoms with Gasteiger partial charge in [-0.25, -0.2) is 0 Å². The second-order valence-corrected chi connectivity index (χ2v) is 4.26. The molecule has 1 atom stereocenters. The number of rotatable bonds is 5. The molecule has 0 aliphatic rings. The Morgan fingerprint density at radius 1 is 1.50 bits per heavy atom. The summed E-state index contributed by atoms with van der Waals surface area (Å²) >= 11 is 5.91. The second kappa shape index (κ2) is 5.95. The number of nitrogens with two attached hydrogens (primary N) is 1. The third-order valence-electron chi connectivity index (χ3n) is 2.55. The molecule has 1 aromatic heterocycles. The van der Waals surface area contributed by atoms with Crippen LogP contribution in [0.2, 0.25) is 5.02 Å². The maximum atomic E-state index is 5.91. The number of ether oxygens (including phenoxy) is 1. The molecule has 2 rings (SSSR count). The largest absolute Gasteiger partial charge is 0.380 e. The molecule has 0 aliphatic heterocycles. The molecule has 18 heavy (non-hydrogen) atoms. The second-order valence-electron chi connectivity index (χ2n) is 3.82. The Hall–Kier alpha value is -1.43. The van der Waals surface area contributed by atoms with Gasteiger partial charge in [0.15, 0.2) is 0 Å². The van der Waals surface area contributed by atoms with Gasteiger partial charge in [0, 0.05) is 24.2 Å². The number of methoxy groups -OCH3 is 1. The van der Waals surface area contributed by atoms with Gasteiger partial charge < -0.3 is 15.0 Å². The van der Waals surface area contributed by atoms with Crippen LogP contribution >= 0.6 is 11.6 Å². The van der Waals surface area contributed by atoms with Gasteiger partial charge in [0.1, 0.15) is 0 Å². The SMILES string of the molecule is COC(CN)Cc1nc(-c2cccc(Cl)c2)no1. The lowest BCUT2D eigenvalue weighted by atomic mass is 10.2. The molecule has 0 amide bonds. The van der Waals surface area contributed by atoms with Crippen molar-refractivity contribution in [3.63, 3.8) is 0 Å². The van der Waals surface area contributed by atoms with Crippen LogP contribution in [0.25, 0.3) is 11.4 Å². The summed E-state index contributed by atoms with van der Waals surface area (Å²) in [6.45, 7) is 0.408. The Morgan fingerprint density at radius 2 is 2.33 bits per heavy atom. The molecule has 2 aromatic rings. The summed E-state index contributed by atoms with van der Waals surface area (Å²) in [5, 5.41) is 4.54. The van der Waals surface area contributed by atoms with Gasteiger partial charge in [-0.05, 0) is 12.1 Å². The van der Waals surface area contributed by atoms with Crippen molar-refractivity contribution in [2.24, 2.45) is 5.73 Å². The predicted molar refractivity (Wildman–Crippen MR) is 68.3 cm³/mol. The maximum Gasteiger partial charge on any atom is 0.229 e. The zero-order valence-electron chi connectivity index (χ0n) is 9.97. The number of nitrogens with zero attached hydrogens (tertiary/aromatic N) is 2. The van der Waals surface area contributed by atoms with Crippen LogP contribution in [0.5, 0.6) is 0 Å². The van der Waals surface area contributed by atoms with E-state index in [0.29, 0.717) is 29.7 Å². The first kappa shape index (κ1) is 13.0. The van der Waals surface area contributed by atoms with Crippen molar-refractivity contribution in [2.75, 3.05) is 13.7 Å². The first-order valence-corrected chi connectivity index (χ1v) is 5.92. The minimum atomic E-state index is -0.113. The van der Waals surface area contributed by atoms with Gasteiger partial charge in [-0.1, -0.05) is 28.9 Å². The average Bonchev–Trinajstić information content (AvgIpc) is 2.84. The highest BCUT2D eigenvalue weighted by Crippen LogP contribution is 2.20. The number of benzene rings is 1. The Morgan fingerprint density at radius 3 is 3.00 bits per heavy atom. The molecule has 0 saturated carbocycles. The zero-order valence-corrected chi connectivity index (χ0v) is 10.7. The van der Waals surface area contributed by atoms with Crippen molar-refractivity contribution >= 4 is 11.6 Å². The summed E-state index contributed by atoms with van der Waals surface area (Å²) in [5.74, 6) is 1.02. The Bertz CT molecular complexity index is 512. The van der Waals surface area contributed by atoms with E-state index in [-0.39, 0.29) is 6.10 Å². The summed E-state index contributed by atoms with van der Waals surface area (Å²) in [6, 6.07) is 7.29. The van der Waals surface area contributed by atoms with Gasteiger partial charge in [0.05, 0.1) is 12.5 Å². The highest BCUT2D eigenvalue weighted by Gasteiger charge is 2.13. The van der Waals surface area contributed by atoms with Gasteiger partial charge in [-0.15, -0.1) is 0 Å². The Balaban J connectivity index is 2.15. The third kappa shape index (κ3) is 3.07. The fourth-order valence-corrected chi connectivity index (χ4v) is 1.73. The third-order valence-corrected chi connectivity index (χ3v) is 2.78. The first-order valence-electron chi connectivity index (χ1n) is 5.54. The lowest BCUT2D eigenvalue weighted by Gasteiger charge is -2.08. The van der Waals surface area contributed by atoms with Gasteiger partial charge in [-0.3, -0.25) is 0 Å². The van der Waals surface area contributed by atoms with Crippen molar-refractivity contribution in [3.8, 4) is 11.4 Å². The molecule has 0 fully saturated rings. The molecular formula is C12H14ClN3O2. The van der Waals surface area contributed by atoms with E-state index in [2.05, 4.69) is 10.1 Å². The normalized spacial score (nSPS) is 12.6. The van der Waals surface area contributed by atoms with Gasteiger partial charge >= 0.3 is 0 Å². The van der Waals surface area contributed by atoms with Crippen LogP contribution in [0.3, 0.4) is 0 Å². The summed E-state index contributed by atoms with van der Waals surface area (Å²) in [5.41, 5.74) is 6.36. The highest BCUT2D eigenvalue weighted by atomic mass is 35.5. The van der Waals surface area contributed by atoms with Crippen LogP contribution in [0, 0.1) is 0 Å². The number of halogens is 1. The quantitative estimate of drug-likeness (QED) is 0.896. The standard InChI is InChI=1S/C12H14ClN3O2/c1-17-10(7-14)6-11-15-12(16-18-11)8-3-2-4-9(13)5-8/h2-5,10H,6-7,14H2,1H3. The van der Waals surface area contributed by atoms with Crippen molar-refractivity contribution in [1.29, 1.82) is 0 Å². The molecule has 1 heterocycles. The van der Waals surface area contributed by atoms with Gasteiger partial charge in [0.25, 0.3) is 0 Å². The van der Waals surface area contributed by atoms with Crippen LogP contribution < -0.4 is 5.73 Å². The van der Waals surface area contributed by atoms with Crippen molar-refractivity contribution in [3.05, 3.63) is 35.2 Å². The average molecular weight is 268 g/mol. The number of hydrogen-bond acceptors (Lipinski definition) is 5. The van der Waals surface area contributed by atoms with Crippen molar-refractivity contribution < 1.29 is 9.26 Å². The molecule has 6 heteroatoms. The van der Waals surface area contributed by atoms with Gasteiger partial charge in [-0.2, -0.15) is 4.98 Å².